The summed E-state index contributed by atoms with van der Waals surface area (Å²) in [6.45, 7) is 3.45. The number of benzene rings is 1. The maximum atomic E-state index is 15.0. The van der Waals surface area contributed by atoms with Crippen molar-refractivity contribution in [2.45, 2.75) is 24.1 Å². The van der Waals surface area contributed by atoms with E-state index in [0.717, 1.165) is 6.07 Å². The normalized spacial score (nSPS) is 25.6. The molecule has 0 fully saturated rings. The summed E-state index contributed by atoms with van der Waals surface area (Å²) in [4.78, 5) is 21.0. The number of allylic oxidation sites excluding steroid dienone is 2. The summed E-state index contributed by atoms with van der Waals surface area (Å²) in [6, 6.07) is 6.85. The summed E-state index contributed by atoms with van der Waals surface area (Å²) in [5.74, 6) is -1.82. The zero-order chi connectivity index (χ0) is 24.7. The number of sulfone groups is 1. The molecule has 1 aromatic carbocycles. The van der Waals surface area contributed by atoms with E-state index in [1.807, 2.05) is 6.08 Å². The minimum absolute atomic E-state index is 0.00609. The third-order valence-corrected chi connectivity index (χ3v) is 8.88. The molecule has 0 saturated carbocycles. The molecule has 4 rings (SSSR count). The number of amides is 1. The Labute approximate surface area is 201 Å². The summed E-state index contributed by atoms with van der Waals surface area (Å²) >= 11 is 5.80. The predicted molar refractivity (Wildman–Crippen MR) is 130 cm³/mol. The number of hydrogen-bond acceptors (Lipinski definition) is 7. The van der Waals surface area contributed by atoms with E-state index in [1.54, 1.807) is 12.2 Å². The van der Waals surface area contributed by atoms with Gasteiger partial charge in [-0.05, 0) is 50.3 Å². The molecule has 2 aromatic rings. The maximum absolute atomic E-state index is 15.0. The van der Waals surface area contributed by atoms with Crippen molar-refractivity contribution >= 4 is 38.9 Å². The molecule has 0 spiro atoms. The number of nitrogens with zero attached hydrogens (tertiary/aromatic N) is 2. The van der Waals surface area contributed by atoms with Crippen LogP contribution in [0.25, 0.3) is 0 Å². The number of nitrogens with one attached hydrogen (secondary N) is 2. The fourth-order valence-corrected chi connectivity index (χ4v) is 6.23. The smallest absolute Gasteiger partial charge is 0.274 e. The molecule has 1 amide bonds. The first-order valence-corrected chi connectivity index (χ1v) is 12.4. The van der Waals surface area contributed by atoms with Crippen LogP contribution in [0.3, 0.4) is 0 Å². The van der Waals surface area contributed by atoms with Crippen molar-refractivity contribution in [3.8, 4) is 0 Å². The zero-order valence-electron chi connectivity index (χ0n) is 18.5. The van der Waals surface area contributed by atoms with Crippen LogP contribution in [0.4, 0.5) is 10.1 Å². The lowest BCUT2D eigenvalue weighted by atomic mass is 9.92. The van der Waals surface area contributed by atoms with Gasteiger partial charge in [0.05, 0.1) is 10.8 Å². The van der Waals surface area contributed by atoms with Crippen LogP contribution in [-0.4, -0.2) is 42.2 Å². The lowest BCUT2D eigenvalue weighted by molar-refractivity contribution is 0.102. The van der Waals surface area contributed by atoms with E-state index in [1.165, 1.54) is 44.3 Å². The summed E-state index contributed by atoms with van der Waals surface area (Å²) in [5, 5.41) is 6.06. The highest BCUT2D eigenvalue weighted by Gasteiger charge is 2.54. The molecule has 2 atom stereocenters. The maximum Gasteiger partial charge on any atom is 0.274 e. The lowest BCUT2D eigenvalue weighted by Gasteiger charge is -2.41. The molecule has 0 saturated heterocycles. The Hall–Kier alpha value is -3.24. The number of halogens is 2. The number of nitrogens with two attached hydrogens (primary N) is 1. The van der Waals surface area contributed by atoms with Crippen LogP contribution in [-0.2, 0) is 15.4 Å². The highest BCUT2D eigenvalue weighted by molar-refractivity contribution is 7.94. The third-order valence-electron chi connectivity index (χ3n) is 6.04. The van der Waals surface area contributed by atoms with E-state index in [9.17, 15) is 17.6 Å². The van der Waals surface area contributed by atoms with E-state index >= 15 is 0 Å². The largest absolute Gasteiger partial charge is 0.386 e. The van der Waals surface area contributed by atoms with Gasteiger partial charge in [-0.25, -0.2) is 17.8 Å². The Bertz CT molecular complexity index is 1360. The molecule has 0 bridgehead atoms. The number of dihydropyridines is 1. The van der Waals surface area contributed by atoms with Crippen molar-refractivity contribution in [1.82, 2.24) is 10.3 Å². The summed E-state index contributed by atoms with van der Waals surface area (Å²) < 4.78 is 40.4. The molecular weight excluding hydrogens is 481 g/mol. The van der Waals surface area contributed by atoms with Crippen LogP contribution in [0.5, 0.6) is 0 Å². The fraction of sp³-hybridized carbons (Fsp3) is 0.261. The second kappa shape index (κ2) is 8.52. The fourth-order valence-electron chi connectivity index (χ4n) is 4.03. The van der Waals surface area contributed by atoms with Crippen LogP contribution in [0.1, 0.15) is 29.9 Å². The van der Waals surface area contributed by atoms with Gasteiger partial charge in [0.15, 0.2) is 14.6 Å². The van der Waals surface area contributed by atoms with Crippen LogP contribution in [0, 0.1) is 5.82 Å². The Morgan fingerprint density at radius 2 is 2.03 bits per heavy atom. The average molecular weight is 504 g/mol. The van der Waals surface area contributed by atoms with E-state index in [-0.39, 0.29) is 22.8 Å². The number of pyridine rings is 1. The van der Waals surface area contributed by atoms with Gasteiger partial charge in [-0.3, -0.25) is 9.79 Å². The molecule has 34 heavy (non-hydrogen) atoms. The first-order valence-electron chi connectivity index (χ1n) is 10.4. The molecule has 3 heterocycles. The minimum atomic E-state index is -3.92. The van der Waals surface area contributed by atoms with Crippen molar-refractivity contribution in [2.75, 3.05) is 17.6 Å². The molecule has 4 N–H and O–H groups in total. The van der Waals surface area contributed by atoms with E-state index in [0.29, 0.717) is 17.3 Å². The molecule has 0 unspecified atom stereocenters. The number of aromatic nitrogens is 1. The summed E-state index contributed by atoms with van der Waals surface area (Å²) in [5.41, 5.74) is 5.51. The topological polar surface area (TPSA) is 127 Å². The molecule has 178 valence electrons. The van der Waals surface area contributed by atoms with Crippen molar-refractivity contribution < 1.29 is 17.6 Å². The van der Waals surface area contributed by atoms with Crippen LogP contribution in [0.15, 0.2) is 65.4 Å². The number of rotatable bonds is 4. The highest BCUT2D eigenvalue weighted by Crippen LogP contribution is 2.41. The van der Waals surface area contributed by atoms with Crippen molar-refractivity contribution in [1.29, 1.82) is 0 Å². The summed E-state index contributed by atoms with van der Waals surface area (Å²) in [7, 11) is -3.92. The second-order valence-corrected chi connectivity index (χ2v) is 11.2. The van der Waals surface area contributed by atoms with Crippen molar-refractivity contribution in [2.24, 2.45) is 10.7 Å². The molecule has 1 aromatic heterocycles. The number of anilines is 1. The van der Waals surface area contributed by atoms with Gasteiger partial charge in [0.25, 0.3) is 5.91 Å². The molecule has 2 aliphatic heterocycles. The van der Waals surface area contributed by atoms with E-state index in [2.05, 4.69) is 20.6 Å². The van der Waals surface area contributed by atoms with Gasteiger partial charge in [-0.2, -0.15) is 0 Å². The Kier molecular flexibility index (Phi) is 5.99. The van der Waals surface area contributed by atoms with Gasteiger partial charge in [-0.15, -0.1) is 0 Å². The molecule has 2 aliphatic rings. The lowest BCUT2D eigenvalue weighted by Crippen LogP contribution is -2.59. The molecule has 8 nitrogen and oxygen atoms in total. The molecular formula is C23H23ClFN5O3S. The third kappa shape index (κ3) is 4.07. The number of aliphatic imine (C=N–C) groups is 1. The molecule has 0 aliphatic carbocycles. The SMILES string of the molecule is C[C@@]1(C2=CC=CCN2)C(N)=N[C@](C)(c2cc(NC(=O)c3ccc(Cl)cn3)ccc2F)CS1(=O)=O. The van der Waals surface area contributed by atoms with Gasteiger partial charge in [-0.1, -0.05) is 23.8 Å². The van der Waals surface area contributed by atoms with Gasteiger partial charge < -0.3 is 16.4 Å². The van der Waals surface area contributed by atoms with Crippen molar-refractivity contribution in [3.63, 3.8) is 0 Å². The highest BCUT2D eigenvalue weighted by atomic mass is 35.5. The Morgan fingerprint density at radius 3 is 2.65 bits per heavy atom. The predicted octanol–water partition coefficient (Wildman–Crippen LogP) is 2.93. The van der Waals surface area contributed by atoms with Gasteiger partial charge in [0.1, 0.15) is 22.9 Å². The quantitative estimate of drug-likeness (QED) is 0.588. The molecule has 0 radical (unpaired) electrons. The molecule has 11 heteroatoms. The number of carbonyl (C=O) groups is 1. The number of carbonyl (C=O) groups excluding carboxylic acids is 1. The second-order valence-electron chi connectivity index (χ2n) is 8.46. The number of amidine groups is 1. The van der Waals surface area contributed by atoms with Crippen LogP contribution in [0.2, 0.25) is 5.02 Å². The van der Waals surface area contributed by atoms with Gasteiger partial charge >= 0.3 is 0 Å². The Morgan fingerprint density at radius 1 is 1.26 bits per heavy atom. The first kappa shape index (κ1) is 23.9. The van der Waals surface area contributed by atoms with E-state index in [4.69, 9.17) is 17.3 Å². The van der Waals surface area contributed by atoms with Crippen molar-refractivity contribution in [3.05, 3.63) is 82.6 Å². The summed E-state index contributed by atoms with van der Waals surface area (Å²) in [6.07, 6.45) is 6.57. The Balaban J connectivity index is 1.71. The minimum Gasteiger partial charge on any atom is -0.386 e. The zero-order valence-corrected chi connectivity index (χ0v) is 20.0. The first-order chi connectivity index (χ1) is 16.0. The number of hydrogen-bond donors (Lipinski definition) is 3. The van der Waals surface area contributed by atoms with Crippen LogP contribution >= 0.6 is 11.6 Å². The van der Waals surface area contributed by atoms with Gasteiger partial charge in [0.2, 0.25) is 0 Å². The monoisotopic (exact) mass is 503 g/mol. The van der Waals surface area contributed by atoms with Gasteiger partial charge in [0, 0.05) is 29.7 Å². The average Bonchev–Trinajstić information content (AvgIpc) is 2.79. The van der Waals surface area contributed by atoms with E-state index < -0.39 is 37.6 Å². The van der Waals surface area contributed by atoms with Crippen LogP contribution < -0.4 is 16.4 Å². The standard InChI is InChI=1S/C23H23ClFN5O3S/c1-22(13-34(32,33)23(2,21(26)30-22)19-5-3-4-10-27-19)16-11-15(7-8-17(16)25)29-20(31)18-9-6-14(24)12-28-18/h3-9,11-12,27H,10,13H2,1-2H3,(H2,26,30)(H,29,31)/t22-,23+/m0/s1.